The predicted molar refractivity (Wildman–Crippen MR) is 121 cm³/mol. The van der Waals surface area contributed by atoms with Crippen LogP contribution in [0.1, 0.15) is 70.6 Å². The molecule has 1 aromatic rings. The van der Waals surface area contributed by atoms with Crippen LogP contribution in [0, 0.1) is 5.82 Å². The van der Waals surface area contributed by atoms with Crippen LogP contribution < -0.4 is 26.8 Å². The summed E-state index contributed by atoms with van der Waals surface area (Å²) in [4.78, 5) is 6.19. The highest BCUT2D eigenvalue weighted by atomic mass is 19.1. The smallest absolute Gasteiger partial charge is 0.188 e. The summed E-state index contributed by atoms with van der Waals surface area (Å²) in [6.07, 6.45) is 11.1. The fraction of sp³-hybridized carbons (Fsp3) is 0.739. The third-order valence-electron chi connectivity index (χ3n) is 7.48. The number of benzene rings is 1. The molecule has 31 heavy (non-hydrogen) atoms. The molecule has 3 fully saturated rings. The van der Waals surface area contributed by atoms with Crippen molar-refractivity contribution in [2.45, 2.75) is 102 Å². The van der Waals surface area contributed by atoms with Crippen LogP contribution in [0.4, 0.5) is 10.1 Å². The van der Waals surface area contributed by atoms with E-state index in [2.05, 4.69) is 9.80 Å². The van der Waals surface area contributed by atoms with Gasteiger partial charge in [0.1, 0.15) is 18.9 Å². The summed E-state index contributed by atoms with van der Waals surface area (Å²) in [5.41, 5.74) is 20.9. The van der Waals surface area contributed by atoms with Gasteiger partial charge in [-0.3, -0.25) is 11.5 Å². The fourth-order valence-corrected chi connectivity index (χ4v) is 5.85. The molecule has 3 aliphatic rings. The minimum atomic E-state index is -0.602. The fourth-order valence-electron chi connectivity index (χ4n) is 5.85. The van der Waals surface area contributed by atoms with Crippen LogP contribution in [0.5, 0.6) is 5.75 Å². The first kappa shape index (κ1) is 22.7. The Balaban J connectivity index is 1.73. The SMILES string of the molecule is COc1cccc(N2C(N)N(C3CCCCCC3)C(N)N(C3CCCCC3)C2N)c1F. The topological polar surface area (TPSA) is 97.0 Å². The number of halogens is 1. The molecule has 0 aromatic heterocycles. The number of anilines is 1. The number of nitrogens with zero attached hydrogens (tertiary/aromatic N) is 3. The van der Waals surface area contributed by atoms with Gasteiger partial charge in [-0.25, -0.2) is 14.2 Å². The molecular weight excluding hydrogens is 395 g/mol. The zero-order valence-electron chi connectivity index (χ0n) is 18.8. The average Bonchev–Trinajstić information content (AvgIpc) is 3.05. The first-order valence-corrected chi connectivity index (χ1v) is 12.0. The van der Waals surface area contributed by atoms with Crippen LogP contribution in [0.2, 0.25) is 0 Å². The number of rotatable bonds is 4. The molecule has 3 atom stereocenters. The molecule has 7 nitrogen and oxygen atoms in total. The van der Waals surface area contributed by atoms with Gasteiger partial charge in [-0.1, -0.05) is 51.0 Å². The number of hydrogen-bond donors (Lipinski definition) is 3. The van der Waals surface area contributed by atoms with Gasteiger partial charge in [0.15, 0.2) is 11.6 Å². The predicted octanol–water partition coefficient (Wildman–Crippen LogP) is 3.04. The molecule has 2 aliphatic carbocycles. The molecule has 3 unspecified atom stereocenters. The normalized spacial score (nSPS) is 30.4. The van der Waals surface area contributed by atoms with Gasteiger partial charge in [0.25, 0.3) is 0 Å². The molecule has 0 radical (unpaired) electrons. The summed E-state index contributed by atoms with van der Waals surface area (Å²) < 4.78 is 20.6. The highest BCUT2D eigenvalue weighted by Crippen LogP contribution is 2.37. The standard InChI is InChI=1S/C23H39FN6O/c1-31-19-15-9-14-18(20(19)24)30-22(26)28(16-10-5-2-3-6-11-16)21(25)29(23(30)27)17-12-7-4-8-13-17/h9,14-17,21-23H,2-8,10-13,25-27H2,1H3. The minimum Gasteiger partial charge on any atom is -0.494 e. The van der Waals surface area contributed by atoms with Crippen LogP contribution in [0.3, 0.4) is 0 Å². The van der Waals surface area contributed by atoms with Crippen molar-refractivity contribution < 1.29 is 9.13 Å². The van der Waals surface area contributed by atoms with Gasteiger partial charge in [0.2, 0.25) is 0 Å². The van der Waals surface area contributed by atoms with E-state index in [1.165, 1.54) is 52.1 Å². The summed E-state index contributed by atoms with van der Waals surface area (Å²) in [6.45, 7) is 0. The Bertz CT molecular complexity index is 722. The van der Waals surface area contributed by atoms with Crippen molar-refractivity contribution in [3.8, 4) is 5.75 Å². The van der Waals surface area contributed by atoms with Crippen molar-refractivity contribution in [3.63, 3.8) is 0 Å². The molecule has 8 heteroatoms. The van der Waals surface area contributed by atoms with E-state index >= 15 is 4.39 Å². The summed E-state index contributed by atoms with van der Waals surface area (Å²) in [5.74, 6) is -0.243. The summed E-state index contributed by atoms with van der Waals surface area (Å²) >= 11 is 0. The second-order valence-electron chi connectivity index (χ2n) is 9.27. The highest BCUT2D eigenvalue weighted by molar-refractivity contribution is 5.54. The number of ether oxygens (including phenoxy) is 1. The minimum absolute atomic E-state index is 0.192. The average molecular weight is 435 g/mol. The lowest BCUT2D eigenvalue weighted by Crippen LogP contribution is -2.81. The van der Waals surface area contributed by atoms with Crippen molar-refractivity contribution in [2.75, 3.05) is 12.0 Å². The van der Waals surface area contributed by atoms with Crippen molar-refractivity contribution in [2.24, 2.45) is 17.2 Å². The number of nitrogens with two attached hydrogens (primary N) is 3. The van der Waals surface area contributed by atoms with Crippen LogP contribution >= 0.6 is 0 Å². The van der Waals surface area contributed by atoms with Crippen molar-refractivity contribution in [3.05, 3.63) is 24.0 Å². The lowest BCUT2D eigenvalue weighted by atomic mass is 9.93. The molecule has 0 bridgehead atoms. The van der Waals surface area contributed by atoms with Crippen molar-refractivity contribution >= 4 is 5.69 Å². The zero-order chi connectivity index (χ0) is 22.0. The molecule has 6 N–H and O–H groups in total. The highest BCUT2D eigenvalue weighted by Gasteiger charge is 2.47. The van der Waals surface area contributed by atoms with E-state index < -0.39 is 18.4 Å². The summed E-state index contributed by atoms with van der Waals surface area (Å²) in [5, 5.41) is 0. The zero-order valence-corrected chi connectivity index (χ0v) is 18.8. The quantitative estimate of drug-likeness (QED) is 0.627. The van der Waals surface area contributed by atoms with E-state index in [-0.39, 0.29) is 24.1 Å². The lowest BCUT2D eigenvalue weighted by Gasteiger charge is -2.59. The molecule has 0 spiro atoms. The van der Waals surface area contributed by atoms with Crippen molar-refractivity contribution in [1.82, 2.24) is 9.80 Å². The largest absolute Gasteiger partial charge is 0.494 e. The van der Waals surface area contributed by atoms with Crippen LogP contribution in [0.15, 0.2) is 18.2 Å². The molecular formula is C23H39FN6O. The molecule has 2 saturated carbocycles. The van der Waals surface area contributed by atoms with E-state index in [1.54, 1.807) is 23.1 Å². The van der Waals surface area contributed by atoms with Crippen LogP contribution in [-0.2, 0) is 0 Å². The van der Waals surface area contributed by atoms with E-state index in [1.807, 2.05) is 0 Å². The van der Waals surface area contributed by atoms with Gasteiger partial charge in [-0.05, 0) is 37.8 Å². The van der Waals surface area contributed by atoms with Gasteiger partial charge in [-0.2, -0.15) is 0 Å². The first-order valence-electron chi connectivity index (χ1n) is 12.0. The molecule has 4 rings (SSSR count). The summed E-state index contributed by atoms with van der Waals surface area (Å²) in [6, 6.07) is 5.68. The first-order chi connectivity index (χ1) is 15.0. The molecule has 174 valence electrons. The Kier molecular flexibility index (Phi) is 7.33. The third-order valence-corrected chi connectivity index (χ3v) is 7.48. The van der Waals surface area contributed by atoms with E-state index in [4.69, 9.17) is 21.9 Å². The Hall–Kier alpha value is -1.45. The maximum Gasteiger partial charge on any atom is 0.188 e. The monoisotopic (exact) mass is 434 g/mol. The number of hydrogen-bond acceptors (Lipinski definition) is 7. The Morgan fingerprint density at radius 3 is 1.74 bits per heavy atom. The molecule has 1 aliphatic heterocycles. The Morgan fingerprint density at radius 2 is 1.26 bits per heavy atom. The Labute approximate surface area is 185 Å². The maximum absolute atomic E-state index is 15.4. The third kappa shape index (κ3) is 4.41. The van der Waals surface area contributed by atoms with E-state index in [0.717, 1.165) is 25.7 Å². The van der Waals surface area contributed by atoms with Gasteiger partial charge in [0, 0.05) is 12.1 Å². The van der Waals surface area contributed by atoms with Crippen LogP contribution in [0.25, 0.3) is 0 Å². The molecule has 1 saturated heterocycles. The Morgan fingerprint density at radius 1 is 0.774 bits per heavy atom. The number of methoxy groups -OCH3 is 1. The molecule has 1 heterocycles. The van der Waals surface area contributed by atoms with Gasteiger partial charge in [0.05, 0.1) is 12.8 Å². The second-order valence-corrected chi connectivity index (χ2v) is 9.27. The van der Waals surface area contributed by atoms with Gasteiger partial charge >= 0.3 is 0 Å². The van der Waals surface area contributed by atoms with E-state index in [0.29, 0.717) is 5.69 Å². The summed E-state index contributed by atoms with van der Waals surface area (Å²) in [7, 11) is 1.47. The van der Waals surface area contributed by atoms with Gasteiger partial charge in [-0.15, -0.1) is 0 Å². The lowest BCUT2D eigenvalue weighted by molar-refractivity contribution is -0.110. The van der Waals surface area contributed by atoms with Gasteiger partial charge < -0.3 is 15.4 Å². The van der Waals surface area contributed by atoms with E-state index in [9.17, 15) is 0 Å². The van der Waals surface area contributed by atoms with Crippen molar-refractivity contribution in [1.29, 1.82) is 0 Å². The maximum atomic E-state index is 15.4. The second kappa shape index (κ2) is 10.0. The molecule has 0 amide bonds. The molecule has 1 aromatic carbocycles. The van der Waals surface area contributed by atoms with Crippen LogP contribution in [-0.4, -0.2) is 47.9 Å².